The van der Waals surface area contributed by atoms with Crippen molar-refractivity contribution in [2.24, 2.45) is 0 Å². The van der Waals surface area contributed by atoms with Crippen molar-refractivity contribution in [2.75, 3.05) is 19.0 Å². The Morgan fingerprint density at radius 3 is 2.54 bits per heavy atom. The van der Waals surface area contributed by atoms with Gasteiger partial charge in [0.15, 0.2) is 17.6 Å². The van der Waals surface area contributed by atoms with E-state index in [0.717, 1.165) is 0 Å². The van der Waals surface area contributed by atoms with Crippen LogP contribution in [0.3, 0.4) is 0 Å². The minimum Gasteiger partial charge on any atom is -0.493 e. The van der Waals surface area contributed by atoms with E-state index in [4.69, 9.17) is 14.2 Å². The second kappa shape index (κ2) is 9.36. The first-order chi connectivity index (χ1) is 13.4. The van der Waals surface area contributed by atoms with Crippen LogP contribution in [0.5, 0.6) is 11.5 Å². The number of carbonyl (C=O) groups is 2. The Morgan fingerprint density at radius 2 is 1.89 bits per heavy atom. The molecule has 28 heavy (non-hydrogen) atoms. The lowest BCUT2D eigenvalue weighted by Crippen LogP contribution is -2.30. The number of benzene rings is 2. The SMILES string of the molecule is CCOc1cc(C(=O)O[C@@H](C)C(=O)Nc2ccccc2[N+](=O)[O-])ccc1OC. The average Bonchev–Trinajstić information content (AvgIpc) is 2.68. The molecule has 1 N–H and O–H groups in total. The largest absolute Gasteiger partial charge is 0.493 e. The van der Waals surface area contributed by atoms with Gasteiger partial charge in [0.05, 0.1) is 24.2 Å². The maximum atomic E-state index is 12.3. The number of nitrogens with one attached hydrogen (secondary N) is 1. The number of nitro benzene ring substituents is 1. The number of esters is 1. The highest BCUT2D eigenvalue weighted by molar-refractivity contribution is 5.98. The fourth-order valence-corrected chi connectivity index (χ4v) is 2.33. The zero-order chi connectivity index (χ0) is 20.7. The highest BCUT2D eigenvalue weighted by Gasteiger charge is 2.23. The molecule has 0 aromatic heterocycles. The van der Waals surface area contributed by atoms with Gasteiger partial charge in [-0.1, -0.05) is 12.1 Å². The molecule has 0 unspecified atom stereocenters. The predicted octanol–water partition coefficient (Wildman–Crippen LogP) is 3.19. The molecule has 2 aromatic carbocycles. The standard InChI is InChI=1S/C19H20N2O7/c1-4-27-17-11-13(9-10-16(17)26-3)19(23)28-12(2)18(22)20-14-7-5-6-8-15(14)21(24)25/h5-12H,4H2,1-3H3,(H,20,22)/t12-/m0/s1. The molecule has 0 radical (unpaired) electrons. The number of hydrogen-bond donors (Lipinski definition) is 1. The van der Waals surface area contributed by atoms with Crippen molar-refractivity contribution in [1.29, 1.82) is 0 Å². The van der Waals surface area contributed by atoms with E-state index in [0.29, 0.717) is 18.1 Å². The fraction of sp³-hybridized carbons (Fsp3) is 0.263. The van der Waals surface area contributed by atoms with Crippen molar-refractivity contribution in [2.45, 2.75) is 20.0 Å². The number of hydrogen-bond acceptors (Lipinski definition) is 7. The molecule has 0 aliphatic carbocycles. The summed E-state index contributed by atoms with van der Waals surface area (Å²) in [5, 5.41) is 13.4. The Hall–Kier alpha value is -3.62. The molecule has 0 aliphatic heterocycles. The summed E-state index contributed by atoms with van der Waals surface area (Å²) in [4.78, 5) is 35.0. The van der Waals surface area contributed by atoms with Crippen molar-refractivity contribution in [3.63, 3.8) is 0 Å². The molecule has 0 fully saturated rings. The van der Waals surface area contributed by atoms with Crippen molar-refractivity contribution in [1.82, 2.24) is 0 Å². The van der Waals surface area contributed by atoms with Gasteiger partial charge in [-0.15, -0.1) is 0 Å². The quantitative estimate of drug-likeness (QED) is 0.419. The van der Waals surface area contributed by atoms with E-state index in [-0.39, 0.29) is 16.9 Å². The summed E-state index contributed by atoms with van der Waals surface area (Å²) in [7, 11) is 1.48. The molecule has 1 atom stereocenters. The zero-order valence-electron chi connectivity index (χ0n) is 15.6. The van der Waals surface area contributed by atoms with E-state index in [1.807, 2.05) is 0 Å². The molecule has 1 amide bonds. The van der Waals surface area contributed by atoms with Crippen LogP contribution in [0.1, 0.15) is 24.2 Å². The van der Waals surface area contributed by atoms with Gasteiger partial charge in [0.25, 0.3) is 11.6 Å². The summed E-state index contributed by atoms with van der Waals surface area (Å²) in [6.07, 6.45) is -1.18. The van der Waals surface area contributed by atoms with Crippen molar-refractivity contribution >= 4 is 23.3 Å². The molecule has 0 saturated carbocycles. The first kappa shape index (κ1) is 20.7. The molecule has 9 heteroatoms. The molecular formula is C19H20N2O7. The molecule has 148 valence electrons. The summed E-state index contributed by atoms with van der Waals surface area (Å²) in [6, 6.07) is 10.2. The topological polar surface area (TPSA) is 117 Å². The van der Waals surface area contributed by atoms with Crippen LogP contribution in [0.25, 0.3) is 0 Å². The van der Waals surface area contributed by atoms with Crippen LogP contribution < -0.4 is 14.8 Å². The van der Waals surface area contributed by atoms with Gasteiger partial charge in [-0.3, -0.25) is 14.9 Å². The van der Waals surface area contributed by atoms with E-state index in [9.17, 15) is 19.7 Å². The number of rotatable bonds is 8. The summed E-state index contributed by atoms with van der Waals surface area (Å²) in [5.41, 5.74) is -0.0658. The third-order valence-corrected chi connectivity index (χ3v) is 3.71. The lowest BCUT2D eigenvalue weighted by atomic mass is 10.2. The molecule has 0 aliphatic rings. The Morgan fingerprint density at radius 1 is 1.18 bits per heavy atom. The number of nitro groups is 1. The van der Waals surface area contributed by atoms with Crippen LogP contribution in [0.15, 0.2) is 42.5 Å². The van der Waals surface area contributed by atoms with Crippen LogP contribution in [-0.2, 0) is 9.53 Å². The van der Waals surface area contributed by atoms with Crippen molar-refractivity contribution in [3.8, 4) is 11.5 Å². The zero-order valence-corrected chi connectivity index (χ0v) is 15.6. The number of amides is 1. The van der Waals surface area contributed by atoms with E-state index in [1.54, 1.807) is 19.1 Å². The Balaban J connectivity index is 2.09. The molecule has 9 nitrogen and oxygen atoms in total. The highest BCUT2D eigenvalue weighted by atomic mass is 16.6. The van der Waals surface area contributed by atoms with E-state index >= 15 is 0 Å². The van der Waals surface area contributed by atoms with E-state index in [2.05, 4.69) is 5.32 Å². The van der Waals surface area contributed by atoms with E-state index < -0.39 is 22.9 Å². The number of carbonyl (C=O) groups excluding carboxylic acids is 2. The van der Waals surface area contributed by atoms with Gasteiger partial charge in [-0.05, 0) is 38.1 Å². The third kappa shape index (κ3) is 4.97. The average molecular weight is 388 g/mol. The summed E-state index contributed by atoms with van der Waals surface area (Å²) in [5.74, 6) is -0.605. The number of methoxy groups -OCH3 is 1. The Bertz CT molecular complexity index is 882. The first-order valence-corrected chi connectivity index (χ1v) is 8.43. The van der Waals surface area contributed by atoms with Gasteiger partial charge >= 0.3 is 5.97 Å². The summed E-state index contributed by atoms with van der Waals surface area (Å²) < 4.78 is 15.7. The smallest absolute Gasteiger partial charge is 0.339 e. The van der Waals surface area contributed by atoms with Crippen molar-refractivity contribution in [3.05, 3.63) is 58.1 Å². The first-order valence-electron chi connectivity index (χ1n) is 8.43. The van der Waals surface area contributed by atoms with Gasteiger partial charge in [0.1, 0.15) is 5.69 Å². The molecule has 0 bridgehead atoms. The van der Waals surface area contributed by atoms with Gasteiger partial charge in [-0.2, -0.15) is 0 Å². The van der Waals surface area contributed by atoms with Gasteiger partial charge in [0.2, 0.25) is 0 Å². The number of para-hydroxylation sites is 2. The minimum atomic E-state index is -1.18. The van der Waals surface area contributed by atoms with Crippen LogP contribution in [0.4, 0.5) is 11.4 Å². The predicted molar refractivity (Wildman–Crippen MR) is 101 cm³/mol. The molecule has 0 spiro atoms. The summed E-state index contributed by atoms with van der Waals surface area (Å²) >= 11 is 0. The number of ether oxygens (including phenoxy) is 3. The van der Waals surface area contributed by atoms with Gasteiger partial charge < -0.3 is 19.5 Å². The monoisotopic (exact) mass is 388 g/mol. The normalized spacial score (nSPS) is 11.2. The number of nitrogens with zero attached hydrogens (tertiary/aromatic N) is 1. The maximum absolute atomic E-state index is 12.3. The van der Waals surface area contributed by atoms with Crippen LogP contribution in [-0.4, -0.2) is 36.6 Å². The Labute approximate surface area is 161 Å². The van der Waals surface area contributed by atoms with Crippen molar-refractivity contribution < 1.29 is 28.7 Å². The molecule has 0 heterocycles. The highest BCUT2D eigenvalue weighted by Crippen LogP contribution is 2.28. The lowest BCUT2D eigenvalue weighted by molar-refractivity contribution is -0.383. The second-order valence-electron chi connectivity index (χ2n) is 5.61. The maximum Gasteiger partial charge on any atom is 0.339 e. The number of anilines is 1. The van der Waals surface area contributed by atoms with E-state index in [1.165, 1.54) is 44.4 Å². The molecule has 2 rings (SSSR count). The van der Waals surface area contributed by atoms with Crippen LogP contribution in [0.2, 0.25) is 0 Å². The Kier molecular flexibility index (Phi) is 6.91. The lowest BCUT2D eigenvalue weighted by Gasteiger charge is -2.15. The molecular weight excluding hydrogens is 368 g/mol. The van der Waals surface area contributed by atoms with Gasteiger partial charge in [-0.25, -0.2) is 4.79 Å². The molecule has 2 aromatic rings. The van der Waals surface area contributed by atoms with Gasteiger partial charge in [0, 0.05) is 6.07 Å². The van der Waals surface area contributed by atoms with Crippen LogP contribution >= 0.6 is 0 Å². The summed E-state index contributed by atoms with van der Waals surface area (Å²) in [6.45, 7) is 3.54. The minimum absolute atomic E-state index is 0.0171. The molecule has 0 saturated heterocycles. The van der Waals surface area contributed by atoms with Crippen LogP contribution in [0, 0.1) is 10.1 Å². The third-order valence-electron chi connectivity index (χ3n) is 3.71. The second-order valence-corrected chi connectivity index (χ2v) is 5.61. The fourth-order valence-electron chi connectivity index (χ4n) is 2.33.